The molecule has 0 saturated carbocycles. The van der Waals surface area contributed by atoms with Crippen LogP contribution >= 0.6 is 11.3 Å². The number of aryl methyl sites for hydroxylation is 1. The van der Waals surface area contributed by atoms with Crippen LogP contribution in [-0.4, -0.2) is 48.5 Å². The van der Waals surface area contributed by atoms with Crippen LogP contribution in [0.2, 0.25) is 0 Å². The molecule has 2 aromatic carbocycles. The third-order valence-electron chi connectivity index (χ3n) is 6.62. The van der Waals surface area contributed by atoms with Gasteiger partial charge in [0.2, 0.25) is 12.4 Å². The molecule has 1 aromatic heterocycles. The molecule has 0 spiro atoms. The maximum Gasteiger partial charge on any atom is 0.305 e. The molecule has 12 heteroatoms. The highest BCUT2D eigenvalue weighted by atomic mass is 32.1. The van der Waals surface area contributed by atoms with Crippen LogP contribution in [0.15, 0.2) is 48.5 Å². The van der Waals surface area contributed by atoms with Crippen molar-refractivity contribution in [1.29, 1.82) is 0 Å². The van der Waals surface area contributed by atoms with Crippen LogP contribution in [0.3, 0.4) is 0 Å². The van der Waals surface area contributed by atoms with E-state index < -0.39 is 66.2 Å². The molecule has 1 aliphatic heterocycles. The number of rotatable bonds is 8. The number of benzene rings is 2. The predicted molar refractivity (Wildman–Crippen MR) is 150 cm³/mol. The van der Waals surface area contributed by atoms with Crippen molar-refractivity contribution in [2.24, 2.45) is 0 Å². The van der Waals surface area contributed by atoms with Gasteiger partial charge in [0.05, 0.1) is 0 Å². The van der Waals surface area contributed by atoms with Gasteiger partial charge in [-0.3, -0.25) is 19.2 Å². The molecule has 5 atom stereocenters. The fourth-order valence-electron chi connectivity index (χ4n) is 4.82. The minimum atomic E-state index is -1.48. The van der Waals surface area contributed by atoms with Crippen molar-refractivity contribution in [2.45, 2.75) is 71.7 Å². The molecule has 0 aliphatic carbocycles. The SMILES string of the molecule is CC(=O)OC1OC(c2ccc(C)c(Cc3ccc(-c4ccc(F)c(F)c4)s3)c2)C(OC(C)=O)C(OC(C)=O)C1OC(C)=O. The van der Waals surface area contributed by atoms with Gasteiger partial charge in [-0.05, 0) is 53.4 Å². The van der Waals surface area contributed by atoms with E-state index >= 15 is 0 Å². The van der Waals surface area contributed by atoms with Crippen LogP contribution in [0.5, 0.6) is 0 Å². The highest BCUT2D eigenvalue weighted by Crippen LogP contribution is 2.39. The topological polar surface area (TPSA) is 114 Å². The second-order valence-electron chi connectivity index (χ2n) is 10.0. The Morgan fingerprint density at radius 3 is 2.00 bits per heavy atom. The zero-order valence-corrected chi connectivity index (χ0v) is 24.9. The molecular weight excluding hydrogens is 586 g/mol. The molecule has 2 heterocycles. The summed E-state index contributed by atoms with van der Waals surface area (Å²) in [7, 11) is 0. The van der Waals surface area contributed by atoms with Gasteiger partial charge in [0.15, 0.2) is 23.8 Å². The van der Waals surface area contributed by atoms with Crippen molar-refractivity contribution in [3.05, 3.63) is 81.7 Å². The second kappa shape index (κ2) is 13.4. The zero-order chi connectivity index (χ0) is 31.4. The maximum absolute atomic E-state index is 13.8. The van der Waals surface area contributed by atoms with Gasteiger partial charge in [-0.1, -0.05) is 24.3 Å². The fourth-order valence-corrected chi connectivity index (χ4v) is 5.85. The molecule has 0 N–H and O–H groups in total. The first-order chi connectivity index (χ1) is 20.3. The van der Waals surface area contributed by atoms with Gasteiger partial charge in [0, 0.05) is 43.9 Å². The summed E-state index contributed by atoms with van der Waals surface area (Å²) in [5.41, 5.74) is 2.87. The summed E-state index contributed by atoms with van der Waals surface area (Å²) < 4.78 is 55.0. The summed E-state index contributed by atoms with van der Waals surface area (Å²) in [4.78, 5) is 49.8. The third kappa shape index (κ3) is 7.82. The van der Waals surface area contributed by atoms with Crippen LogP contribution in [0.4, 0.5) is 8.78 Å². The number of esters is 4. The minimum Gasteiger partial charge on any atom is -0.455 e. The Labute approximate surface area is 250 Å². The van der Waals surface area contributed by atoms with Crippen molar-refractivity contribution >= 4 is 35.2 Å². The van der Waals surface area contributed by atoms with E-state index in [0.29, 0.717) is 17.5 Å². The number of thiophene rings is 1. The summed E-state index contributed by atoms with van der Waals surface area (Å²) in [6.07, 6.45) is -6.16. The van der Waals surface area contributed by atoms with E-state index in [2.05, 4.69) is 0 Å². The van der Waals surface area contributed by atoms with E-state index in [0.717, 1.165) is 53.8 Å². The average Bonchev–Trinajstić information content (AvgIpc) is 3.38. The number of hydrogen-bond acceptors (Lipinski definition) is 10. The lowest BCUT2D eigenvalue weighted by Gasteiger charge is -2.44. The number of carbonyl (C=O) groups is 4. The first-order valence-electron chi connectivity index (χ1n) is 13.3. The standard InChI is InChI=1S/C31H30F2O9S/c1-15-6-7-21(12-22(15)13-23-9-11-26(43-23)20-8-10-24(32)25(33)14-20)27-28(38-16(2)34)29(39-17(3)35)30(40-18(4)36)31(42-27)41-19(5)37/h6-12,14,27-31H,13H2,1-5H3. The molecule has 1 fully saturated rings. The average molecular weight is 617 g/mol. The summed E-state index contributed by atoms with van der Waals surface area (Å²) in [5.74, 6) is -4.82. The third-order valence-corrected chi connectivity index (χ3v) is 7.75. The monoisotopic (exact) mass is 616 g/mol. The van der Waals surface area contributed by atoms with Crippen molar-refractivity contribution in [2.75, 3.05) is 0 Å². The summed E-state index contributed by atoms with van der Waals surface area (Å²) in [5, 5.41) is 0. The molecule has 0 amide bonds. The van der Waals surface area contributed by atoms with Crippen LogP contribution < -0.4 is 0 Å². The van der Waals surface area contributed by atoms with Crippen LogP contribution in [0, 0.1) is 18.6 Å². The van der Waals surface area contributed by atoms with Gasteiger partial charge in [-0.15, -0.1) is 11.3 Å². The maximum atomic E-state index is 13.8. The Morgan fingerprint density at radius 2 is 1.37 bits per heavy atom. The van der Waals surface area contributed by atoms with Crippen molar-refractivity contribution in [3.63, 3.8) is 0 Å². The van der Waals surface area contributed by atoms with Crippen LogP contribution in [0.25, 0.3) is 10.4 Å². The lowest BCUT2D eigenvalue weighted by molar-refractivity contribution is -0.298. The smallest absolute Gasteiger partial charge is 0.305 e. The van der Waals surface area contributed by atoms with E-state index in [9.17, 15) is 28.0 Å². The fraction of sp³-hybridized carbons (Fsp3) is 0.355. The van der Waals surface area contributed by atoms with Gasteiger partial charge in [-0.2, -0.15) is 0 Å². The molecule has 5 unspecified atom stereocenters. The Morgan fingerprint density at radius 1 is 0.744 bits per heavy atom. The van der Waals surface area contributed by atoms with Gasteiger partial charge in [-0.25, -0.2) is 8.78 Å². The number of hydrogen-bond donors (Lipinski definition) is 0. The van der Waals surface area contributed by atoms with E-state index in [1.54, 1.807) is 6.07 Å². The second-order valence-corrected chi connectivity index (χ2v) is 11.2. The Hall–Kier alpha value is -4.16. The highest BCUT2D eigenvalue weighted by molar-refractivity contribution is 7.15. The summed E-state index contributed by atoms with van der Waals surface area (Å²) in [6, 6.07) is 12.9. The molecule has 0 bridgehead atoms. The molecule has 1 saturated heterocycles. The molecule has 43 heavy (non-hydrogen) atoms. The molecular formula is C31H30F2O9S. The lowest BCUT2D eigenvalue weighted by atomic mass is 9.90. The predicted octanol–water partition coefficient (Wildman–Crippen LogP) is 5.35. The minimum absolute atomic E-state index is 0.468. The first kappa shape index (κ1) is 31.8. The van der Waals surface area contributed by atoms with Gasteiger partial charge in [0.25, 0.3) is 0 Å². The quantitative estimate of drug-likeness (QED) is 0.244. The molecule has 0 radical (unpaired) electrons. The molecule has 9 nitrogen and oxygen atoms in total. The number of carbonyl (C=O) groups excluding carboxylic acids is 4. The van der Waals surface area contributed by atoms with Crippen LogP contribution in [0.1, 0.15) is 55.4 Å². The van der Waals surface area contributed by atoms with E-state index in [1.165, 1.54) is 24.3 Å². The number of ether oxygens (including phenoxy) is 5. The van der Waals surface area contributed by atoms with E-state index in [1.807, 2.05) is 31.2 Å². The lowest BCUT2D eigenvalue weighted by Crippen LogP contribution is -2.59. The molecule has 3 aromatic rings. The Balaban J connectivity index is 1.71. The Kier molecular flexibility index (Phi) is 9.92. The van der Waals surface area contributed by atoms with Gasteiger partial charge in [0.1, 0.15) is 6.10 Å². The van der Waals surface area contributed by atoms with Gasteiger partial charge >= 0.3 is 23.9 Å². The van der Waals surface area contributed by atoms with Gasteiger partial charge < -0.3 is 23.7 Å². The van der Waals surface area contributed by atoms with Crippen molar-refractivity contribution < 1.29 is 51.6 Å². The Bertz CT molecular complexity index is 1540. The van der Waals surface area contributed by atoms with Crippen molar-refractivity contribution in [3.8, 4) is 10.4 Å². The summed E-state index contributed by atoms with van der Waals surface area (Å²) in [6.45, 7) is 6.48. The molecule has 1 aliphatic rings. The molecule has 4 rings (SSSR count). The van der Waals surface area contributed by atoms with E-state index in [4.69, 9.17) is 23.7 Å². The first-order valence-corrected chi connectivity index (χ1v) is 14.1. The largest absolute Gasteiger partial charge is 0.455 e. The zero-order valence-electron chi connectivity index (χ0n) is 24.1. The normalized spacial score (nSPS) is 21.5. The van der Waals surface area contributed by atoms with E-state index in [-0.39, 0.29) is 0 Å². The van der Waals surface area contributed by atoms with Crippen molar-refractivity contribution in [1.82, 2.24) is 0 Å². The number of halogens is 2. The summed E-state index contributed by atoms with van der Waals surface area (Å²) >= 11 is 1.42. The van der Waals surface area contributed by atoms with Crippen LogP contribution in [-0.2, 0) is 49.3 Å². The molecule has 228 valence electrons. The highest BCUT2D eigenvalue weighted by Gasteiger charge is 2.53.